The Morgan fingerprint density at radius 1 is 1.36 bits per heavy atom. The average Bonchev–Trinajstić information content (AvgIpc) is 2.61. The van der Waals surface area contributed by atoms with Crippen LogP contribution in [0.15, 0.2) is 29.3 Å². The van der Waals surface area contributed by atoms with Crippen LogP contribution in [-0.4, -0.2) is 37.5 Å². The fourth-order valence-electron chi connectivity index (χ4n) is 3.72. The van der Waals surface area contributed by atoms with Gasteiger partial charge in [0.2, 0.25) is 0 Å². The predicted octanol–water partition coefficient (Wildman–Crippen LogP) is 2.50. The van der Waals surface area contributed by atoms with Gasteiger partial charge in [0.05, 0.1) is 17.9 Å². The van der Waals surface area contributed by atoms with Gasteiger partial charge >= 0.3 is 0 Å². The van der Waals surface area contributed by atoms with E-state index in [9.17, 15) is 13.6 Å². The van der Waals surface area contributed by atoms with Crippen molar-refractivity contribution in [3.8, 4) is 0 Å². The third-order valence-corrected chi connectivity index (χ3v) is 5.46. The first-order valence-electron chi connectivity index (χ1n) is 10.1. The van der Waals surface area contributed by atoms with Crippen molar-refractivity contribution >= 4 is 12.0 Å². The number of benzene rings is 1. The van der Waals surface area contributed by atoms with E-state index in [-0.39, 0.29) is 0 Å². The minimum atomic E-state index is -3.04. The first-order chi connectivity index (χ1) is 13.4. The first-order valence-corrected chi connectivity index (χ1v) is 10.1. The van der Waals surface area contributed by atoms with Gasteiger partial charge in [-0.15, -0.1) is 0 Å². The summed E-state index contributed by atoms with van der Waals surface area (Å²) in [6, 6.07) is 3.96. The number of amides is 1. The molecule has 2 heterocycles. The fourth-order valence-corrected chi connectivity index (χ4v) is 3.72. The molecule has 1 aromatic rings. The average molecular weight is 389 g/mol. The topological polar surface area (TPSA) is 53.5 Å². The summed E-state index contributed by atoms with van der Waals surface area (Å²) in [4.78, 5) is 17.2. The second kappa shape index (κ2) is 8.95. The first kappa shape index (κ1) is 20.6. The van der Waals surface area contributed by atoms with Crippen molar-refractivity contribution in [2.75, 3.05) is 19.6 Å². The number of aryl methyl sites for hydroxylation is 1. The summed E-state index contributed by atoms with van der Waals surface area (Å²) in [6.07, 6.45) is 8.56. The molecule has 0 aromatic heterocycles. The van der Waals surface area contributed by atoms with E-state index in [2.05, 4.69) is 16.7 Å². The van der Waals surface area contributed by atoms with E-state index in [4.69, 9.17) is 4.99 Å². The number of hydrogen-bond acceptors (Lipinski definition) is 3. The number of nitrogens with one attached hydrogen (secondary N) is 2. The van der Waals surface area contributed by atoms with Crippen molar-refractivity contribution < 1.29 is 13.6 Å². The van der Waals surface area contributed by atoms with Crippen LogP contribution in [0.5, 0.6) is 0 Å². The lowest BCUT2D eigenvalue weighted by molar-refractivity contribution is 0.0508. The zero-order valence-corrected chi connectivity index (χ0v) is 16.6. The number of hydrogen-bond donors (Lipinski definition) is 2. The van der Waals surface area contributed by atoms with Crippen LogP contribution >= 0.6 is 0 Å². The number of allylic oxidation sites excluding steroid dienone is 1. The van der Waals surface area contributed by atoms with Gasteiger partial charge in [-0.1, -0.05) is 18.6 Å². The lowest BCUT2D eigenvalue weighted by Crippen LogP contribution is -2.41. The minimum Gasteiger partial charge on any atom is -0.346 e. The Kier molecular flexibility index (Phi) is 6.60. The van der Waals surface area contributed by atoms with E-state index in [1.165, 1.54) is 25.8 Å². The molecular formula is C22H29F2N3O. The molecule has 0 bridgehead atoms. The molecule has 0 aliphatic carbocycles. The summed E-state index contributed by atoms with van der Waals surface area (Å²) in [7, 11) is 0. The summed E-state index contributed by atoms with van der Waals surface area (Å²) >= 11 is 0. The van der Waals surface area contributed by atoms with E-state index in [0.717, 1.165) is 54.1 Å². The second-order valence-corrected chi connectivity index (χ2v) is 7.85. The zero-order valence-electron chi connectivity index (χ0n) is 16.6. The van der Waals surface area contributed by atoms with Crippen molar-refractivity contribution in [2.45, 2.75) is 51.5 Å². The van der Waals surface area contributed by atoms with Crippen LogP contribution < -0.4 is 21.2 Å². The molecule has 0 saturated carbocycles. The van der Waals surface area contributed by atoms with Crippen molar-refractivity contribution in [2.24, 2.45) is 10.9 Å². The maximum atomic E-state index is 13.6. The molecule has 152 valence electrons. The Bertz CT molecular complexity index is 859. The molecule has 0 radical (unpaired) electrons. The van der Waals surface area contributed by atoms with Gasteiger partial charge in [0.1, 0.15) is 0 Å². The predicted molar refractivity (Wildman–Crippen MR) is 107 cm³/mol. The van der Waals surface area contributed by atoms with Gasteiger partial charge in [-0.3, -0.25) is 9.79 Å². The third kappa shape index (κ3) is 5.25. The van der Waals surface area contributed by atoms with Crippen LogP contribution in [-0.2, 0) is 0 Å². The number of carbonyl (C=O) groups is 1. The molecular weight excluding hydrogens is 360 g/mol. The molecule has 1 aromatic carbocycles. The van der Waals surface area contributed by atoms with Crippen molar-refractivity contribution in [3.05, 3.63) is 46.0 Å². The Morgan fingerprint density at radius 2 is 2.14 bits per heavy atom. The summed E-state index contributed by atoms with van der Waals surface area (Å²) < 4.78 is 27.1. The molecule has 1 amide bonds. The lowest BCUT2D eigenvalue weighted by atomic mass is 9.94. The summed E-state index contributed by atoms with van der Waals surface area (Å²) in [6.45, 7) is 4.92. The molecule has 1 unspecified atom stereocenters. The van der Waals surface area contributed by atoms with Crippen molar-refractivity contribution in [3.63, 3.8) is 0 Å². The number of halogens is 2. The molecule has 2 N–H and O–H groups in total. The normalized spacial score (nSPS) is 19.5. The Morgan fingerprint density at radius 3 is 2.82 bits per heavy atom. The number of rotatable bonds is 8. The standard InChI is InChI=1S/C22H29F2N3O/c1-3-9-22(23,24)14-26-21(28)19-11-17-7-8-18(27-20(17)10-15(19)2)6-4-5-16-12-25-13-16/h3,7,9-11,16,18,25H,4-6,8,12-14H2,1-2H3,(H,26,28)/b9-3+. The number of nitrogens with zero attached hydrogens (tertiary/aromatic N) is 1. The second-order valence-electron chi connectivity index (χ2n) is 7.85. The number of fused-ring (bicyclic) bond motifs is 1. The van der Waals surface area contributed by atoms with Crippen molar-refractivity contribution in [1.82, 2.24) is 10.6 Å². The smallest absolute Gasteiger partial charge is 0.283 e. The van der Waals surface area contributed by atoms with Crippen LogP contribution in [0.2, 0.25) is 0 Å². The largest absolute Gasteiger partial charge is 0.346 e. The van der Waals surface area contributed by atoms with Crippen LogP contribution in [0.3, 0.4) is 0 Å². The van der Waals surface area contributed by atoms with Gasteiger partial charge in [0, 0.05) is 5.56 Å². The molecule has 1 saturated heterocycles. The SMILES string of the molecule is C/C=C/C(F)(F)CNC(=O)c1cc2c(cc1C)=NC(CCCC1CNC1)CC=2. The minimum absolute atomic E-state index is 0.291. The third-order valence-electron chi connectivity index (χ3n) is 5.46. The van der Waals surface area contributed by atoms with E-state index in [1.54, 1.807) is 6.07 Å². The van der Waals surface area contributed by atoms with Gasteiger partial charge in [0.25, 0.3) is 11.8 Å². The highest BCUT2D eigenvalue weighted by Gasteiger charge is 2.26. The highest BCUT2D eigenvalue weighted by Crippen LogP contribution is 2.17. The van der Waals surface area contributed by atoms with E-state index in [0.29, 0.717) is 11.6 Å². The quantitative estimate of drug-likeness (QED) is 0.672. The van der Waals surface area contributed by atoms with E-state index >= 15 is 0 Å². The van der Waals surface area contributed by atoms with Crippen LogP contribution in [0.1, 0.15) is 48.5 Å². The summed E-state index contributed by atoms with van der Waals surface area (Å²) in [5.41, 5.74) is 1.18. The van der Waals surface area contributed by atoms with Crippen molar-refractivity contribution in [1.29, 1.82) is 0 Å². The number of carbonyl (C=O) groups excluding carboxylic acids is 1. The Hall–Kier alpha value is -2.08. The maximum Gasteiger partial charge on any atom is 0.283 e. The van der Waals surface area contributed by atoms with Gasteiger partial charge in [-0.05, 0) is 81.1 Å². The summed E-state index contributed by atoms with van der Waals surface area (Å²) in [5.74, 6) is -2.70. The van der Waals surface area contributed by atoms with Gasteiger partial charge in [0.15, 0.2) is 0 Å². The van der Waals surface area contributed by atoms with Crippen LogP contribution in [0, 0.1) is 12.8 Å². The molecule has 0 spiro atoms. The summed E-state index contributed by atoms with van der Waals surface area (Å²) in [5, 5.41) is 7.45. The highest BCUT2D eigenvalue weighted by atomic mass is 19.3. The zero-order chi connectivity index (χ0) is 20.1. The molecule has 1 atom stereocenters. The monoisotopic (exact) mass is 389 g/mol. The van der Waals surface area contributed by atoms with E-state index < -0.39 is 18.4 Å². The molecule has 28 heavy (non-hydrogen) atoms. The molecule has 2 aliphatic heterocycles. The van der Waals surface area contributed by atoms with Gasteiger partial charge in [-0.2, -0.15) is 0 Å². The molecule has 3 rings (SSSR count). The van der Waals surface area contributed by atoms with Gasteiger partial charge < -0.3 is 10.6 Å². The Labute approximate surface area is 164 Å². The molecule has 2 aliphatic rings. The van der Waals surface area contributed by atoms with Crippen LogP contribution in [0.25, 0.3) is 6.08 Å². The fraction of sp³-hybridized carbons (Fsp3) is 0.545. The Balaban J connectivity index is 1.65. The molecule has 6 heteroatoms. The van der Waals surface area contributed by atoms with Crippen LogP contribution in [0.4, 0.5) is 8.78 Å². The lowest BCUT2D eigenvalue weighted by Gasteiger charge is -2.27. The van der Waals surface area contributed by atoms with E-state index in [1.807, 2.05) is 13.0 Å². The van der Waals surface area contributed by atoms with Gasteiger partial charge in [-0.25, -0.2) is 8.78 Å². The molecule has 4 nitrogen and oxygen atoms in total. The highest BCUT2D eigenvalue weighted by molar-refractivity contribution is 5.95. The maximum absolute atomic E-state index is 13.6. The molecule has 1 fully saturated rings. The number of alkyl halides is 2.